The molecule has 24 heavy (non-hydrogen) atoms. The lowest BCUT2D eigenvalue weighted by atomic mass is 10.2. The van der Waals surface area contributed by atoms with E-state index in [1.54, 1.807) is 0 Å². The summed E-state index contributed by atoms with van der Waals surface area (Å²) in [6.07, 6.45) is 0. The van der Waals surface area contributed by atoms with E-state index in [2.05, 4.69) is 77.6 Å². The summed E-state index contributed by atoms with van der Waals surface area (Å²) in [6.45, 7) is 11.2. The molecule has 2 aromatic carbocycles. The molecule has 4 heteroatoms. The molecule has 0 aromatic heterocycles. The molecule has 0 amide bonds. The molecule has 0 bridgehead atoms. The normalized spacial score (nSPS) is 11.6. The van der Waals surface area contributed by atoms with E-state index in [0.29, 0.717) is 0 Å². The first-order valence-corrected chi connectivity index (χ1v) is 12.3. The van der Waals surface area contributed by atoms with E-state index in [1.165, 1.54) is 0 Å². The number of hydrogen-bond acceptors (Lipinski definition) is 1. The smallest absolute Gasteiger partial charge is 0.250 e. The molecule has 1 nitrogen and oxygen atoms in total. The highest BCUT2D eigenvalue weighted by molar-refractivity contribution is 9.13. The summed E-state index contributed by atoms with van der Waals surface area (Å²) in [5.41, 5.74) is 1.96. The maximum atomic E-state index is 6.29. The van der Waals surface area contributed by atoms with E-state index in [-0.39, 0.29) is 5.04 Å². The van der Waals surface area contributed by atoms with Gasteiger partial charge in [0, 0.05) is 20.1 Å². The highest BCUT2D eigenvalue weighted by atomic mass is 79.9. The lowest BCUT2D eigenvalue weighted by molar-refractivity contribution is 0.492. The van der Waals surface area contributed by atoms with E-state index in [0.717, 1.165) is 25.8 Å². The number of halogens is 2. The minimum Gasteiger partial charge on any atom is -0.544 e. The summed E-state index contributed by atoms with van der Waals surface area (Å²) in [5.74, 6) is 7.31. The van der Waals surface area contributed by atoms with Crippen molar-refractivity contribution in [2.75, 3.05) is 0 Å². The molecule has 0 radical (unpaired) electrons. The lowest BCUT2D eigenvalue weighted by Gasteiger charge is -2.36. The Balaban J connectivity index is 2.13. The second-order valence-electron chi connectivity index (χ2n) is 7.27. The Morgan fingerprint density at radius 1 is 0.833 bits per heavy atom. The van der Waals surface area contributed by atoms with Crippen LogP contribution < -0.4 is 4.43 Å². The van der Waals surface area contributed by atoms with Gasteiger partial charge >= 0.3 is 0 Å². The highest BCUT2D eigenvalue weighted by Gasteiger charge is 2.38. The highest BCUT2D eigenvalue weighted by Crippen LogP contribution is 2.37. The zero-order valence-electron chi connectivity index (χ0n) is 14.7. The molecular formula is C20H22Br2OSi. The van der Waals surface area contributed by atoms with Crippen LogP contribution in [0.2, 0.25) is 18.1 Å². The molecule has 2 aromatic rings. The predicted octanol–water partition coefficient (Wildman–Crippen LogP) is 7.00. The van der Waals surface area contributed by atoms with Gasteiger partial charge < -0.3 is 4.43 Å². The maximum absolute atomic E-state index is 6.29. The number of rotatable bonds is 2. The van der Waals surface area contributed by atoms with E-state index < -0.39 is 8.32 Å². The van der Waals surface area contributed by atoms with Crippen molar-refractivity contribution in [2.45, 2.75) is 38.9 Å². The molecule has 0 saturated carbocycles. The third-order valence-corrected chi connectivity index (χ3v) is 10.5. The van der Waals surface area contributed by atoms with Crippen molar-refractivity contribution in [3.8, 4) is 17.6 Å². The molecule has 0 atom stereocenters. The Labute approximate surface area is 163 Å². The van der Waals surface area contributed by atoms with E-state index in [4.69, 9.17) is 4.43 Å². The van der Waals surface area contributed by atoms with Crippen LogP contribution in [0.15, 0.2) is 51.4 Å². The van der Waals surface area contributed by atoms with Crippen LogP contribution in [-0.2, 0) is 0 Å². The van der Waals surface area contributed by atoms with Crippen LogP contribution in [0, 0.1) is 11.8 Å². The van der Waals surface area contributed by atoms with Gasteiger partial charge in [0.25, 0.3) is 0 Å². The Bertz CT molecular complexity index is 778. The molecule has 126 valence electrons. The molecular weight excluding hydrogens is 444 g/mol. The Morgan fingerprint density at radius 3 is 1.92 bits per heavy atom. The van der Waals surface area contributed by atoms with Crippen LogP contribution in [-0.4, -0.2) is 8.32 Å². The van der Waals surface area contributed by atoms with Gasteiger partial charge in [-0.15, -0.1) is 0 Å². The average Bonchev–Trinajstić information content (AvgIpc) is 2.48. The molecule has 0 fully saturated rings. The first-order chi connectivity index (χ1) is 11.1. The lowest BCUT2D eigenvalue weighted by Crippen LogP contribution is -2.43. The Kier molecular flexibility index (Phi) is 6.01. The van der Waals surface area contributed by atoms with Gasteiger partial charge in [-0.1, -0.05) is 32.6 Å². The third-order valence-electron chi connectivity index (χ3n) is 4.30. The fourth-order valence-electron chi connectivity index (χ4n) is 1.77. The molecule has 0 heterocycles. The largest absolute Gasteiger partial charge is 0.544 e. The summed E-state index contributed by atoms with van der Waals surface area (Å²) in [6, 6.07) is 14.1. The van der Waals surface area contributed by atoms with E-state index in [9.17, 15) is 0 Å². The van der Waals surface area contributed by atoms with Crippen molar-refractivity contribution in [1.29, 1.82) is 0 Å². The fourth-order valence-corrected chi connectivity index (χ4v) is 3.43. The fraction of sp³-hybridized carbons (Fsp3) is 0.300. The molecule has 0 saturated heterocycles. The summed E-state index contributed by atoms with van der Waals surface area (Å²) in [5, 5.41) is 0.195. The van der Waals surface area contributed by atoms with Crippen LogP contribution in [0.3, 0.4) is 0 Å². The zero-order valence-corrected chi connectivity index (χ0v) is 18.9. The molecule has 0 unspecified atom stereocenters. The van der Waals surface area contributed by atoms with Crippen molar-refractivity contribution >= 4 is 40.2 Å². The minimum absolute atomic E-state index is 0.195. The number of hydrogen-bond donors (Lipinski definition) is 0. The summed E-state index contributed by atoms with van der Waals surface area (Å²) >= 11 is 6.96. The molecule has 0 aliphatic rings. The van der Waals surface area contributed by atoms with E-state index in [1.807, 2.05) is 42.5 Å². The second-order valence-corrected chi connectivity index (χ2v) is 13.7. The van der Waals surface area contributed by atoms with Crippen molar-refractivity contribution in [3.63, 3.8) is 0 Å². The zero-order chi connectivity index (χ0) is 18.0. The van der Waals surface area contributed by atoms with Crippen LogP contribution in [0.4, 0.5) is 0 Å². The van der Waals surface area contributed by atoms with Gasteiger partial charge in [0.15, 0.2) is 0 Å². The van der Waals surface area contributed by atoms with Crippen LogP contribution >= 0.6 is 31.9 Å². The quantitative estimate of drug-likeness (QED) is 0.342. The molecule has 0 spiro atoms. The standard InChI is InChI=1S/C20H22Br2OSi/c1-20(2,3)24(4,5)23-17-11-8-15(9-12-17)6-7-16-10-13-18(21)19(22)14-16/h8-14H,1-5H3. The van der Waals surface area contributed by atoms with Gasteiger partial charge in [-0.3, -0.25) is 0 Å². The van der Waals surface area contributed by atoms with Crippen molar-refractivity contribution in [2.24, 2.45) is 0 Å². The van der Waals surface area contributed by atoms with Crippen LogP contribution in [0.1, 0.15) is 31.9 Å². The molecule has 0 aliphatic carbocycles. The second kappa shape index (κ2) is 7.47. The first-order valence-electron chi connectivity index (χ1n) is 7.85. The average molecular weight is 466 g/mol. The maximum Gasteiger partial charge on any atom is 0.250 e. The summed E-state index contributed by atoms with van der Waals surface area (Å²) < 4.78 is 8.33. The van der Waals surface area contributed by atoms with Crippen LogP contribution in [0.25, 0.3) is 0 Å². The first kappa shape index (κ1) is 19.3. The topological polar surface area (TPSA) is 9.23 Å². The van der Waals surface area contributed by atoms with Gasteiger partial charge in [0.2, 0.25) is 8.32 Å². The van der Waals surface area contributed by atoms with Crippen LogP contribution in [0.5, 0.6) is 5.75 Å². The van der Waals surface area contributed by atoms with Gasteiger partial charge in [0.05, 0.1) is 0 Å². The van der Waals surface area contributed by atoms with Crippen molar-refractivity contribution in [1.82, 2.24) is 0 Å². The summed E-state index contributed by atoms with van der Waals surface area (Å²) in [4.78, 5) is 0. The molecule has 0 aliphatic heterocycles. The number of benzene rings is 2. The predicted molar refractivity (Wildman–Crippen MR) is 112 cm³/mol. The minimum atomic E-state index is -1.79. The summed E-state index contributed by atoms with van der Waals surface area (Å²) in [7, 11) is -1.79. The Hall–Kier alpha value is -1.02. The van der Waals surface area contributed by atoms with Gasteiger partial charge in [-0.2, -0.15) is 0 Å². The van der Waals surface area contributed by atoms with Gasteiger partial charge in [-0.05, 0) is 92.5 Å². The van der Waals surface area contributed by atoms with E-state index >= 15 is 0 Å². The molecule has 2 rings (SSSR count). The molecule has 0 N–H and O–H groups in total. The van der Waals surface area contributed by atoms with Crippen molar-refractivity contribution < 1.29 is 4.43 Å². The SMILES string of the molecule is CC(C)(C)[Si](C)(C)Oc1ccc(C#Cc2ccc(Br)c(Br)c2)cc1. The monoisotopic (exact) mass is 464 g/mol. The Morgan fingerprint density at radius 2 is 1.38 bits per heavy atom. The van der Waals surface area contributed by atoms with Gasteiger partial charge in [0.1, 0.15) is 5.75 Å². The van der Waals surface area contributed by atoms with Crippen molar-refractivity contribution in [3.05, 3.63) is 62.5 Å². The third kappa shape index (κ3) is 4.99. The van der Waals surface area contributed by atoms with Gasteiger partial charge in [-0.25, -0.2) is 0 Å².